The molecule has 2 aromatic rings. The van der Waals surface area contributed by atoms with Crippen molar-refractivity contribution < 1.29 is 4.74 Å². The van der Waals surface area contributed by atoms with Gasteiger partial charge in [0.05, 0.1) is 0 Å². The van der Waals surface area contributed by atoms with Gasteiger partial charge in [0.15, 0.2) is 0 Å². The first-order valence-electron chi connectivity index (χ1n) is 7.30. The number of thiophene rings is 1. The molecular weight excluding hydrogens is 266 g/mol. The molecule has 0 aliphatic carbocycles. The predicted octanol–water partition coefficient (Wildman–Crippen LogP) is 4.27. The lowest BCUT2D eigenvalue weighted by Gasteiger charge is -2.23. The third kappa shape index (κ3) is 3.22. The van der Waals surface area contributed by atoms with Crippen LogP contribution >= 0.6 is 11.3 Å². The molecule has 3 heteroatoms. The van der Waals surface area contributed by atoms with E-state index in [9.17, 15) is 0 Å². The van der Waals surface area contributed by atoms with Crippen molar-refractivity contribution in [3.05, 3.63) is 52.2 Å². The van der Waals surface area contributed by atoms with E-state index in [0.717, 1.165) is 18.9 Å². The first kappa shape index (κ1) is 13.7. The van der Waals surface area contributed by atoms with E-state index in [4.69, 9.17) is 4.74 Å². The van der Waals surface area contributed by atoms with Gasteiger partial charge in [0.2, 0.25) is 0 Å². The smallest absolute Gasteiger partial charge is 0.119 e. The topological polar surface area (TPSA) is 12.5 Å². The van der Waals surface area contributed by atoms with E-state index in [-0.39, 0.29) is 0 Å². The van der Waals surface area contributed by atoms with E-state index in [1.54, 1.807) is 0 Å². The van der Waals surface area contributed by atoms with E-state index in [1.807, 2.05) is 17.4 Å². The van der Waals surface area contributed by atoms with E-state index >= 15 is 0 Å². The Hall–Kier alpha value is -1.32. The number of likely N-dealkylation sites (tertiary alicyclic amines) is 1. The molecule has 106 valence electrons. The summed E-state index contributed by atoms with van der Waals surface area (Å²) in [6.07, 6.45) is 2.58. The lowest BCUT2D eigenvalue weighted by Crippen LogP contribution is -2.27. The average molecular weight is 287 g/mol. The first-order chi connectivity index (χ1) is 9.83. The zero-order valence-corrected chi connectivity index (χ0v) is 12.7. The van der Waals surface area contributed by atoms with Crippen LogP contribution in [0.15, 0.2) is 41.8 Å². The zero-order chi connectivity index (χ0) is 13.8. The highest BCUT2D eigenvalue weighted by molar-refractivity contribution is 7.10. The van der Waals surface area contributed by atoms with Gasteiger partial charge in [0, 0.05) is 17.5 Å². The fourth-order valence-electron chi connectivity index (χ4n) is 2.88. The van der Waals surface area contributed by atoms with Crippen molar-refractivity contribution in [1.82, 2.24) is 4.90 Å². The Bertz CT molecular complexity index is 538. The summed E-state index contributed by atoms with van der Waals surface area (Å²) >= 11 is 1.87. The third-order valence-electron chi connectivity index (χ3n) is 3.87. The zero-order valence-electron chi connectivity index (χ0n) is 11.9. The van der Waals surface area contributed by atoms with Crippen molar-refractivity contribution in [2.75, 3.05) is 19.7 Å². The van der Waals surface area contributed by atoms with Crippen LogP contribution in [0.1, 0.15) is 29.3 Å². The second-order valence-corrected chi connectivity index (χ2v) is 6.35. The molecule has 1 unspecified atom stereocenters. The highest BCUT2D eigenvalue weighted by Gasteiger charge is 2.26. The maximum atomic E-state index is 5.88. The molecule has 0 N–H and O–H groups in total. The predicted molar refractivity (Wildman–Crippen MR) is 84.5 cm³/mol. The summed E-state index contributed by atoms with van der Waals surface area (Å²) in [6.45, 7) is 5.07. The van der Waals surface area contributed by atoms with Crippen molar-refractivity contribution >= 4 is 11.3 Å². The van der Waals surface area contributed by atoms with Gasteiger partial charge in [0.1, 0.15) is 12.4 Å². The van der Waals surface area contributed by atoms with Crippen molar-refractivity contribution in [3.8, 4) is 5.75 Å². The Kier molecular flexibility index (Phi) is 4.38. The van der Waals surface area contributed by atoms with E-state index in [2.05, 4.69) is 47.5 Å². The monoisotopic (exact) mass is 287 g/mol. The highest BCUT2D eigenvalue weighted by atomic mass is 32.1. The molecule has 1 saturated heterocycles. The van der Waals surface area contributed by atoms with Crippen LogP contribution < -0.4 is 4.74 Å². The third-order valence-corrected chi connectivity index (χ3v) is 4.85. The molecule has 1 aromatic heterocycles. The molecule has 0 spiro atoms. The standard InChI is InChI=1S/C17H21NOS/c1-14-5-2-6-15(13-14)19-11-10-18-9-3-7-16(18)17-8-4-12-20-17/h2,4-6,8,12-13,16H,3,7,9-11H2,1H3. The Morgan fingerprint density at radius 2 is 2.25 bits per heavy atom. The molecule has 0 bridgehead atoms. The van der Waals surface area contributed by atoms with Crippen molar-refractivity contribution in [2.24, 2.45) is 0 Å². The quantitative estimate of drug-likeness (QED) is 0.814. The summed E-state index contributed by atoms with van der Waals surface area (Å²) in [4.78, 5) is 4.06. The van der Waals surface area contributed by atoms with E-state index in [0.29, 0.717) is 6.04 Å². The molecule has 0 amide bonds. The molecule has 0 saturated carbocycles. The van der Waals surface area contributed by atoms with Gasteiger partial charge in [0.25, 0.3) is 0 Å². The summed E-state index contributed by atoms with van der Waals surface area (Å²) in [7, 11) is 0. The molecule has 2 nitrogen and oxygen atoms in total. The number of aryl methyl sites for hydroxylation is 1. The van der Waals surface area contributed by atoms with Gasteiger partial charge < -0.3 is 4.74 Å². The van der Waals surface area contributed by atoms with Crippen LogP contribution in [0.25, 0.3) is 0 Å². The lowest BCUT2D eigenvalue weighted by atomic mass is 10.2. The first-order valence-corrected chi connectivity index (χ1v) is 8.18. The number of nitrogens with zero attached hydrogens (tertiary/aromatic N) is 1. The number of rotatable bonds is 5. The maximum absolute atomic E-state index is 5.88. The largest absolute Gasteiger partial charge is 0.492 e. The van der Waals surface area contributed by atoms with Gasteiger partial charge in [-0.05, 0) is 55.5 Å². The Labute approximate surface area is 125 Å². The average Bonchev–Trinajstić information content (AvgIpc) is 3.09. The second kappa shape index (κ2) is 6.42. The maximum Gasteiger partial charge on any atom is 0.119 e. The number of hydrogen-bond acceptors (Lipinski definition) is 3. The molecule has 1 aliphatic heterocycles. The summed E-state index contributed by atoms with van der Waals surface area (Å²) in [6, 6.07) is 13.3. The van der Waals surface area contributed by atoms with Crippen molar-refractivity contribution in [3.63, 3.8) is 0 Å². The second-order valence-electron chi connectivity index (χ2n) is 5.37. The van der Waals surface area contributed by atoms with Gasteiger partial charge in [-0.2, -0.15) is 0 Å². The van der Waals surface area contributed by atoms with E-state index in [1.165, 1.54) is 29.8 Å². The van der Waals surface area contributed by atoms with Gasteiger partial charge in [-0.25, -0.2) is 0 Å². The molecule has 1 atom stereocenters. The minimum absolute atomic E-state index is 0.608. The Balaban J connectivity index is 1.53. The van der Waals surface area contributed by atoms with Gasteiger partial charge in [-0.15, -0.1) is 11.3 Å². The minimum atomic E-state index is 0.608. The molecule has 2 heterocycles. The van der Waals surface area contributed by atoms with Crippen LogP contribution in [0.5, 0.6) is 5.75 Å². The van der Waals surface area contributed by atoms with Crippen LogP contribution in [-0.4, -0.2) is 24.6 Å². The van der Waals surface area contributed by atoms with Gasteiger partial charge >= 0.3 is 0 Å². The van der Waals surface area contributed by atoms with Crippen LogP contribution in [0.2, 0.25) is 0 Å². The van der Waals surface area contributed by atoms with Crippen LogP contribution in [0, 0.1) is 6.92 Å². The lowest BCUT2D eigenvalue weighted by molar-refractivity contribution is 0.199. The number of hydrogen-bond donors (Lipinski definition) is 0. The summed E-state index contributed by atoms with van der Waals surface area (Å²) in [5, 5.41) is 2.18. The molecule has 1 aromatic carbocycles. The normalized spacial score (nSPS) is 19.4. The van der Waals surface area contributed by atoms with Gasteiger partial charge in [-0.1, -0.05) is 18.2 Å². The molecule has 1 fully saturated rings. The molecular formula is C17H21NOS. The highest BCUT2D eigenvalue weighted by Crippen LogP contribution is 2.33. The molecule has 3 rings (SSSR count). The number of ether oxygens (including phenoxy) is 1. The van der Waals surface area contributed by atoms with E-state index < -0.39 is 0 Å². The Morgan fingerprint density at radius 1 is 1.30 bits per heavy atom. The Morgan fingerprint density at radius 3 is 3.05 bits per heavy atom. The molecule has 0 radical (unpaired) electrons. The van der Waals surface area contributed by atoms with Gasteiger partial charge in [-0.3, -0.25) is 4.90 Å². The van der Waals surface area contributed by atoms with Crippen molar-refractivity contribution in [2.45, 2.75) is 25.8 Å². The number of benzene rings is 1. The van der Waals surface area contributed by atoms with Crippen LogP contribution in [0.3, 0.4) is 0 Å². The fraction of sp³-hybridized carbons (Fsp3) is 0.412. The molecule has 20 heavy (non-hydrogen) atoms. The minimum Gasteiger partial charge on any atom is -0.492 e. The summed E-state index contributed by atoms with van der Waals surface area (Å²) in [5.74, 6) is 0.983. The SMILES string of the molecule is Cc1cccc(OCCN2CCCC2c2cccs2)c1. The van der Waals surface area contributed by atoms with Crippen LogP contribution in [-0.2, 0) is 0 Å². The molecule has 1 aliphatic rings. The van der Waals surface area contributed by atoms with Crippen molar-refractivity contribution in [1.29, 1.82) is 0 Å². The summed E-state index contributed by atoms with van der Waals surface area (Å²) in [5.41, 5.74) is 1.25. The summed E-state index contributed by atoms with van der Waals surface area (Å²) < 4.78 is 5.88. The fourth-order valence-corrected chi connectivity index (χ4v) is 3.78. The van der Waals surface area contributed by atoms with Crippen LogP contribution in [0.4, 0.5) is 0 Å².